The standard InChI is InChI=1S/C16H16F2N2O4S/c1-3-25(22,23)20-14-7-5-11(9-15(14)24-2)19-16(21)10-4-6-12(17)13(18)8-10/h4-9,20H,3H2,1-2H3,(H,19,21). The Morgan fingerprint density at radius 1 is 1.12 bits per heavy atom. The summed E-state index contributed by atoms with van der Waals surface area (Å²) in [6.45, 7) is 1.49. The lowest BCUT2D eigenvalue weighted by atomic mass is 10.2. The maximum Gasteiger partial charge on any atom is 0.255 e. The maximum atomic E-state index is 13.2. The van der Waals surface area contributed by atoms with E-state index in [0.717, 1.165) is 18.2 Å². The molecule has 0 spiro atoms. The normalized spacial score (nSPS) is 11.0. The minimum atomic E-state index is -3.49. The van der Waals surface area contributed by atoms with Gasteiger partial charge in [0.2, 0.25) is 10.0 Å². The van der Waals surface area contributed by atoms with Crippen LogP contribution in [0.2, 0.25) is 0 Å². The third-order valence-electron chi connectivity index (χ3n) is 3.29. The first kappa shape index (κ1) is 18.7. The molecule has 1 amide bonds. The second-order valence-electron chi connectivity index (χ2n) is 5.00. The summed E-state index contributed by atoms with van der Waals surface area (Å²) in [7, 11) is -2.14. The van der Waals surface area contributed by atoms with E-state index in [1.165, 1.54) is 32.2 Å². The fourth-order valence-electron chi connectivity index (χ4n) is 1.93. The van der Waals surface area contributed by atoms with E-state index in [2.05, 4.69) is 10.0 Å². The van der Waals surface area contributed by atoms with Crippen molar-refractivity contribution in [2.75, 3.05) is 22.9 Å². The Kier molecular flexibility index (Phi) is 5.58. The van der Waals surface area contributed by atoms with Crippen molar-refractivity contribution in [3.05, 3.63) is 53.6 Å². The maximum absolute atomic E-state index is 13.2. The fraction of sp³-hybridized carbons (Fsp3) is 0.188. The van der Waals surface area contributed by atoms with Crippen molar-refractivity contribution in [2.45, 2.75) is 6.92 Å². The zero-order valence-electron chi connectivity index (χ0n) is 13.5. The van der Waals surface area contributed by atoms with Crippen LogP contribution in [0.5, 0.6) is 5.75 Å². The highest BCUT2D eigenvalue weighted by Crippen LogP contribution is 2.29. The number of benzene rings is 2. The lowest BCUT2D eigenvalue weighted by Gasteiger charge is -2.13. The van der Waals surface area contributed by atoms with Crippen molar-refractivity contribution in [1.29, 1.82) is 0 Å². The molecule has 6 nitrogen and oxygen atoms in total. The first-order valence-corrected chi connectivity index (χ1v) is 8.86. The van der Waals surface area contributed by atoms with E-state index in [1.54, 1.807) is 0 Å². The van der Waals surface area contributed by atoms with Gasteiger partial charge in [0.25, 0.3) is 5.91 Å². The number of halogens is 2. The Bertz CT molecular complexity index is 901. The molecule has 0 heterocycles. The summed E-state index contributed by atoms with van der Waals surface area (Å²) >= 11 is 0. The number of ether oxygens (including phenoxy) is 1. The van der Waals surface area contributed by atoms with Crippen LogP contribution < -0.4 is 14.8 Å². The molecule has 0 aromatic heterocycles. The van der Waals surface area contributed by atoms with Gasteiger partial charge < -0.3 is 10.1 Å². The quantitative estimate of drug-likeness (QED) is 0.819. The first-order valence-electron chi connectivity index (χ1n) is 7.20. The van der Waals surface area contributed by atoms with Crippen LogP contribution in [-0.4, -0.2) is 27.2 Å². The monoisotopic (exact) mass is 370 g/mol. The Balaban J connectivity index is 2.22. The second-order valence-corrected chi connectivity index (χ2v) is 7.01. The minimum Gasteiger partial charge on any atom is -0.494 e. The highest BCUT2D eigenvalue weighted by atomic mass is 32.2. The predicted molar refractivity (Wildman–Crippen MR) is 90.4 cm³/mol. The molecule has 0 saturated heterocycles. The number of amides is 1. The van der Waals surface area contributed by atoms with Gasteiger partial charge in [-0.2, -0.15) is 0 Å². The van der Waals surface area contributed by atoms with Crippen LogP contribution in [0, 0.1) is 11.6 Å². The van der Waals surface area contributed by atoms with Crippen LogP contribution >= 0.6 is 0 Å². The van der Waals surface area contributed by atoms with Crippen LogP contribution in [0.25, 0.3) is 0 Å². The summed E-state index contributed by atoms with van der Waals surface area (Å²) in [5, 5.41) is 2.50. The van der Waals surface area contributed by atoms with E-state index in [-0.39, 0.29) is 22.8 Å². The fourth-order valence-corrected chi connectivity index (χ4v) is 2.58. The van der Waals surface area contributed by atoms with Crippen molar-refractivity contribution in [3.63, 3.8) is 0 Å². The number of hydrogen-bond acceptors (Lipinski definition) is 4. The number of methoxy groups -OCH3 is 1. The summed E-state index contributed by atoms with van der Waals surface area (Å²) in [6.07, 6.45) is 0. The Hall–Kier alpha value is -2.68. The molecule has 0 aliphatic rings. The van der Waals surface area contributed by atoms with Gasteiger partial charge >= 0.3 is 0 Å². The van der Waals surface area contributed by atoms with Gasteiger partial charge in [-0.05, 0) is 37.3 Å². The molecule has 2 rings (SSSR count). The van der Waals surface area contributed by atoms with Crippen molar-refractivity contribution in [1.82, 2.24) is 0 Å². The molecule has 0 bridgehead atoms. The van der Waals surface area contributed by atoms with Crippen LogP contribution in [0.1, 0.15) is 17.3 Å². The van der Waals surface area contributed by atoms with Gasteiger partial charge in [0.05, 0.1) is 18.6 Å². The topological polar surface area (TPSA) is 84.5 Å². The molecule has 0 aliphatic carbocycles. The second kappa shape index (κ2) is 7.47. The molecule has 0 aliphatic heterocycles. The molecule has 0 unspecified atom stereocenters. The molecular formula is C16H16F2N2O4S. The zero-order valence-corrected chi connectivity index (χ0v) is 14.3. The molecule has 2 N–H and O–H groups in total. The minimum absolute atomic E-state index is 0.0615. The molecule has 9 heteroatoms. The van der Waals surface area contributed by atoms with E-state index >= 15 is 0 Å². The third kappa shape index (κ3) is 4.66. The largest absolute Gasteiger partial charge is 0.494 e. The van der Waals surface area contributed by atoms with Gasteiger partial charge in [-0.25, -0.2) is 17.2 Å². The van der Waals surface area contributed by atoms with Gasteiger partial charge in [0.15, 0.2) is 11.6 Å². The average molecular weight is 370 g/mol. The van der Waals surface area contributed by atoms with Crippen LogP contribution in [0.4, 0.5) is 20.2 Å². The summed E-state index contributed by atoms with van der Waals surface area (Å²) in [6, 6.07) is 7.07. The van der Waals surface area contributed by atoms with Crippen molar-refractivity contribution in [2.24, 2.45) is 0 Å². The zero-order chi connectivity index (χ0) is 18.6. The molecule has 0 atom stereocenters. The molecule has 2 aromatic rings. The van der Waals surface area contributed by atoms with Crippen LogP contribution in [0.15, 0.2) is 36.4 Å². The highest BCUT2D eigenvalue weighted by molar-refractivity contribution is 7.92. The van der Waals surface area contributed by atoms with Crippen molar-refractivity contribution < 1.29 is 26.7 Å². The molecule has 25 heavy (non-hydrogen) atoms. The Morgan fingerprint density at radius 3 is 2.44 bits per heavy atom. The number of hydrogen-bond donors (Lipinski definition) is 2. The van der Waals surface area contributed by atoms with E-state index in [1.807, 2.05) is 0 Å². The van der Waals surface area contributed by atoms with Gasteiger partial charge in [-0.3, -0.25) is 9.52 Å². The van der Waals surface area contributed by atoms with Crippen molar-refractivity contribution >= 4 is 27.3 Å². The number of rotatable bonds is 6. The molecule has 0 saturated carbocycles. The SMILES string of the molecule is CCS(=O)(=O)Nc1ccc(NC(=O)c2ccc(F)c(F)c2)cc1OC. The van der Waals surface area contributed by atoms with Gasteiger partial charge in [-0.15, -0.1) is 0 Å². The lowest BCUT2D eigenvalue weighted by Crippen LogP contribution is -2.16. The highest BCUT2D eigenvalue weighted by Gasteiger charge is 2.14. The van der Waals surface area contributed by atoms with Gasteiger partial charge in [0, 0.05) is 17.3 Å². The van der Waals surface area contributed by atoms with Gasteiger partial charge in [0.1, 0.15) is 5.75 Å². The average Bonchev–Trinajstić information content (AvgIpc) is 2.58. The third-order valence-corrected chi connectivity index (χ3v) is 4.58. The van der Waals surface area contributed by atoms with E-state index in [0.29, 0.717) is 5.69 Å². The lowest BCUT2D eigenvalue weighted by molar-refractivity contribution is 0.102. The Labute approximate surface area is 143 Å². The number of anilines is 2. The summed E-state index contributed by atoms with van der Waals surface area (Å²) in [5.41, 5.74) is 0.454. The first-order chi connectivity index (χ1) is 11.8. The molecular weight excluding hydrogens is 354 g/mol. The van der Waals surface area contributed by atoms with Gasteiger partial charge in [-0.1, -0.05) is 0 Å². The van der Waals surface area contributed by atoms with Crippen molar-refractivity contribution in [3.8, 4) is 5.75 Å². The summed E-state index contributed by atoms with van der Waals surface area (Å²) < 4.78 is 56.9. The smallest absolute Gasteiger partial charge is 0.255 e. The van der Waals surface area contributed by atoms with E-state index < -0.39 is 27.6 Å². The van der Waals surface area contributed by atoms with E-state index in [4.69, 9.17) is 4.74 Å². The van der Waals surface area contributed by atoms with Crippen LogP contribution in [-0.2, 0) is 10.0 Å². The molecule has 134 valence electrons. The predicted octanol–water partition coefficient (Wildman–Crippen LogP) is 2.99. The molecule has 0 radical (unpaired) electrons. The number of sulfonamides is 1. The Morgan fingerprint density at radius 2 is 1.84 bits per heavy atom. The number of carbonyl (C=O) groups excluding carboxylic acids is 1. The summed E-state index contributed by atoms with van der Waals surface area (Å²) in [4.78, 5) is 12.1. The summed E-state index contributed by atoms with van der Waals surface area (Å²) in [5.74, 6) is -2.74. The van der Waals surface area contributed by atoms with Crippen LogP contribution in [0.3, 0.4) is 0 Å². The molecule has 2 aromatic carbocycles. The van der Waals surface area contributed by atoms with E-state index in [9.17, 15) is 22.0 Å². The number of nitrogens with one attached hydrogen (secondary N) is 2. The number of carbonyl (C=O) groups is 1. The molecule has 0 fully saturated rings.